The van der Waals surface area contributed by atoms with E-state index in [4.69, 9.17) is 9.84 Å². The lowest BCUT2D eigenvalue weighted by molar-refractivity contribution is -0.144. The van der Waals surface area contributed by atoms with E-state index in [0.717, 1.165) is 0 Å². The quantitative estimate of drug-likeness (QED) is 0.618. The summed E-state index contributed by atoms with van der Waals surface area (Å²) in [6.45, 7) is 0.728. The van der Waals surface area contributed by atoms with Crippen LogP contribution in [0.1, 0.15) is 6.42 Å². The summed E-state index contributed by atoms with van der Waals surface area (Å²) >= 11 is 0. The van der Waals surface area contributed by atoms with Gasteiger partial charge in [0.25, 0.3) is 0 Å². The summed E-state index contributed by atoms with van der Waals surface area (Å²) in [5.74, 6) is -1.81. The molecule has 1 fully saturated rings. The van der Waals surface area contributed by atoms with Crippen LogP contribution in [0.3, 0.4) is 0 Å². The monoisotopic (exact) mass is 148 g/mol. The zero-order valence-electron chi connectivity index (χ0n) is 5.42. The second kappa shape index (κ2) is 2.96. The molecule has 0 radical (unpaired) electrons. The Bertz CT molecular complexity index is 131. The average Bonchev–Trinajstić information content (AvgIpc) is 2.36. The van der Waals surface area contributed by atoms with Gasteiger partial charge in [-0.2, -0.15) is 0 Å². The van der Waals surface area contributed by atoms with Gasteiger partial charge in [0.05, 0.1) is 6.61 Å². The lowest BCUT2D eigenvalue weighted by atomic mass is 10.0. The van der Waals surface area contributed by atoms with Crippen LogP contribution >= 0.6 is 0 Å². The molecule has 0 bridgehead atoms. The third kappa shape index (κ3) is 1.44. The maximum absolute atomic E-state index is 12.6. The van der Waals surface area contributed by atoms with Gasteiger partial charge in [-0.3, -0.25) is 0 Å². The van der Waals surface area contributed by atoms with Crippen LogP contribution in [0, 0.1) is 5.92 Å². The first-order valence-electron chi connectivity index (χ1n) is 3.16. The number of carboxylic acid groups (broad SMARTS) is 1. The van der Waals surface area contributed by atoms with E-state index in [1.54, 1.807) is 0 Å². The summed E-state index contributed by atoms with van der Waals surface area (Å²) in [5, 5.41) is 8.21. The van der Waals surface area contributed by atoms with E-state index in [9.17, 15) is 9.18 Å². The van der Waals surface area contributed by atoms with Crippen LogP contribution in [0.4, 0.5) is 4.39 Å². The number of rotatable bonds is 2. The molecule has 0 spiro atoms. The first-order chi connectivity index (χ1) is 4.72. The molecule has 0 saturated carbocycles. The highest BCUT2D eigenvalue weighted by Gasteiger charge is 2.30. The van der Waals surface area contributed by atoms with Gasteiger partial charge < -0.3 is 9.84 Å². The van der Waals surface area contributed by atoms with Crippen LogP contribution in [0.25, 0.3) is 0 Å². The van der Waals surface area contributed by atoms with Gasteiger partial charge in [0.2, 0.25) is 6.17 Å². The van der Waals surface area contributed by atoms with Crippen LogP contribution in [-0.2, 0) is 9.53 Å². The summed E-state index contributed by atoms with van der Waals surface area (Å²) in [4.78, 5) is 10.1. The molecular formula is C6H9FO3. The third-order valence-corrected chi connectivity index (χ3v) is 1.61. The maximum Gasteiger partial charge on any atom is 0.338 e. The van der Waals surface area contributed by atoms with Crippen LogP contribution in [0.5, 0.6) is 0 Å². The van der Waals surface area contributed by atoms with Crippen molar-refractivity contribution >= 4 is 5.97 Å². The van der Waals surface area contributed by atoms with Crippen LogP contribution in [0.15, 0.2) is 0 Å². The van der Waals surface area contributed by atoms with Crippen molar-refractivity contribution in [3.05, 3.63) is 0 Å². The summed E-state index contributed by atoms with van der Waals surface area (Å²) in [6.07, 6.45) is -1.23. The standard InChI is InChI=1S/C6H9FO3/c7-5(6(8)9)4-1-2-10-3-4/h4-5H,1-3H2,(H,8,9)/t4-,5+/m1/s1. The lowest BCUT2D eigenvalue weighted by Crippen LogP contribution is -2.25. The Hall–Kier alpha value is -0.640. The van der Waals surface area contributed by atoms with Crippen LogP contribution in [0.2, 0.25) is 0 Å². The summed E-state index contributed by atoms with van der Waals surface area (Å²) < 4.78 is 17.4. The van der Waals surface area contributed by atoms with E-state index in [2.05, 4.69) is 0 Å². The van der Waals surface area contributed by atoms with E-state index in [1.807, 2.05) is 0 Å². The Morgan fingerprint density at radius 2 is 2.50 bits per heavy atom. The van der Waals surface area contributed by atoms with Crippen molar-refractivity contribution in [1.29, 1.82) is 0 Å². The fourth-order valence-corrected chi connectivity index (χ4v) is 0.985. The maximum atomic E-state index is 12.6. The largest absolute Gasteiger partial charge is 0.479 e. The molecule has 1 rings (SSSR count). The second-order valence-corrected chi connectivity index (χ2v) is 2.36. The fourth-order valence-electron chi connectivity index (χ4n) is 0.985. The van der Waals surface area contributed by atoms with Crippen molar-refractivity contribution < 1.29 is 19.0 Å². The van der Waals surface area contributed by atoms with Gasteiger partial charge in [0.1, 0.15) is 0 Å². The van der Waals surface area contributed by atoms with E-state index < -0.39 is 18.1 Å². The van der Waals surface area contributed by atoms with Crippen molar-refractivity contribution in [2.45, 2.75) is 12.6 Å². The first kappa shape index (κ1) is 7.47. The number of alkyl halides is 1. The average molecular weight is 148 g/mol. The van der Waals surface area contributed by atoms with Crippen molar-refractivity contribution in [2.24, 2.45) is 5.92 Å². The molecule has 1 heterocycles. The molecule has 0 aromatic rings. The van der Waals surface area contributed by atoms with Crippen molar-refractivity contribution in [3.8, 4) is 0 Å². The second-order valence-electron chi connectivity index (χ2n) is 2.36. The van der Waals surface area contributed by atoms with Gasteiger partial charge in [0.15, 0.2) is 0 Å². The zero-order valence-corrected chi connectivity index (χ0v) is 5.42. The zero-order chi connectivity index (χ0) is 7.56. The van der Waals surface area contributed by atoms with E-state index in [-0.39, 0.29) is 6.61 Å². The number of carboxylic acids is 1. The molecule has 4 heteroatoms. The molecule has 0 amide bonds. The number of aliphatic carboxylic acids is 1. The minimum Gasteiger partial charge on any atom is -0.479 e. The van der Waals surface area contributed by atoms with E-state index in [0.29, 0.717) is 13.0 Å². The topological polar surface area (TPSA) is 46.5 Å². The van der Waals surface area contributed by atoms with Gasteiger partial charge in [-0.15, -0.1) is 0 Å². The van der Waals surface area contributed by atoms with Crippen molar-refractivity contribution in [3.63, 3.8) is 0 Å². The molecule has 1 aliphatic rings. The van der Waals surface area contributed by atoms with E-state index >= 15 is 0 Å². The van der Waals surface area contributed by atoms with Gasteiger partial charge in [-0.1, -0.05) is 0 Å². The molecule has 3 nitrogen and oxygen atoms in total. The minimum atomic E-state index is -1.75. The molecule has 2 atom stereocenters. The molecule has 0 aromatic carbocycles. The molecule has 58 valence electrons. The normalized spacial score (nSPS) is 28.3. The lowest BCUT2D eigenvalue weighted by Gasteiger charge is -2.07. The molecule has 0 unspecified atom stereocenters. The number of hydrogen-bond acceptors (Lipinski definition) is 2. The third-order valence-electron chi connectivity index (χ3n) is 1.61. The highest BCUT2D eigenvalue weighted by Crippen LogP contribution is 2.18. The molecule has 0 aliphatic carbocycles. The van der Waals surface area contributed by atoms with Gasteiger partial charge in [-0.25, -0.2) is 9.18 Å². The first-order valence-corrected chi connectivity index (χ1v) is 3.16. The Labute approximate surface area is 57.8 Å². The Morgan fingerprint density at radius 1 is 1.80 bits per heavy atom. The molecule has 1 saturated heterocycles. The predicted octanol–water partition coefficient (Wildman–Crippen LogP) is 0.446. The van der Waals surface area contributed by atoms with E-state index in [1.165, 1.54) is 0 Å². The van der Waals surface area contributed by atoms with Crippen LogP contribution in [-0.4, -0.2) is 30.5 Å². The molecule has 1 N–H and O–H groups in total. The molecule has 1 aliphatic heterocycles. The van der Waals surface area contributed by atoms with Crippen molar-refractivity contribution in [1.82, 2.24) is 0 Å². The highest BCUT2D eigenvalue weighted by atomic mass is 19.1. The predicted molar refractivity (Wildman–Crippen MR) is 31.5 cm³/mol. The summed E-state index contributed by atoms with van der Waals surface area (Å²) in [5.41, 5.74) is 0. The molecule has 10 heavy (non-hydrogen) atoms. The fraction of sp³-hybridized carbons (Fsp3) is 0.833. The Balaban J connectivity index is 2.39. The summed E-state index contributed by atoms with van der Waals surface area (Å²) in [6, 6.07) is 0. The SMILES string of the molecule is O=C(O)[C@@H](F)[C@@H]1CCOC1. The molecular weight excluding hydrogens is 139 g/mol. The Morgan fingerprint density at radius 3 is 2.90 bits per heavy atom. The summed E-state index contributed by atoms with van der Waals surface area (Å²) in [7, 11) is 0. The number of ether oxygens (including phenoxy) is 1. The van der Waals surface area contributed by atoms with Gasteiger partial charge >= 0.3 is 5.97 Å². The van der Waals surface area contributed by atoms with Gasteiger partial charge in [-0.05, 0) is 6.42 Å². The van der Waals surface area contributed by atoms with Gasteiger partial charge in [0, 0.05) is 12.5 Å². The van der Waals surface area contributed by atoms with Crippen LogP contribution < -0.4 is 0 Å². The smallest absolute Gasteiger partial charge is 0.338 e. The molecule has 0 aromatic heterocycles. The Kier molecular flexibility index (Phi) is 2.21. The van der Waals surface area contributed by atoms with Crippen molar-refractivity contribution in [2.75, 3.05) is 13.2 Å². The number of hydrogen-bond donors (Lipinski definition) is 1. The number of carbonyl (C=O) groups is 1. The highest BCUT2D eigenvalue weighted by molar-refractivity contribution is 5.72. The number of halogens is 1. The minimum absolute atomic E-state index is 0.244.